The van der Waals surface area contributed by atoms with E-state index in [9.17, 15) is 14.7 Å². The van der Waals surface area contributed by atoms with E-state index in [1.54, 1.807) is 29.2 Å². The Morgan fingerprint density at radius 3 is 2.50 bits per heavy atom. The first kappa shape index (κ1) is 22.1. The van der Waals surface area contributed by atoms with Crippen LogP contribution in [-0.4, -0.2) is 60.9 Å². The van der Waals surface area contributed by atoms with E-state index in [2.05, 4.69) is 15.9 Å². The second-order valence-corrected chi connectivity index (χ2v) is 8.35. The van der Waals surface area contributed by atoms with E-state index >= 15 is 0 Å². The highest BCUT2D eigenvalue weighted by Gasteiger charge is 2.45. The maximum Gasteiger partial charge on any atom is 0.295 e. The van der Waals surface area contributed by atoms with Crippen LogP contribution in [0.15, 0.2) is 58.6 Å². The molecule has 0 saturated carbocycles. The standard InChI is InChI=1S/C23H25BrN2O4/c1-25(2)12-5-13-26-20(15-8-10-17(24)11-9-15)19(22(28)23(26)29)21(27)16-6-4-7-18(14-16)30-3/h4,6-11,14,20,27H,5,12-13H2,1-3H3/t20-/m1/s1. The summed E-state index contributed by atoms with van der Waals surface area (Å²) in [7, 11) is 5.46. The Kier molecular flexibility index (Phi) is 6.95. The number of methoxy groups -OCH3 is 1. The highest BCUT2D eigenvalue weighted by molar-refractivity contribution is 9.10. The van der Waals surface area contributed by atoms with Gasteiger partial charge in [-0.1, -0.05) is 40.2 Å². The minimum atomic E-state index is -0.673. The Morgan fingerprint density at radius 2 is 1.87 bits per heavy atom. The van der Waals surface area contributed by atoms with Crippen LogP contribution in [0.1, 0.15) is 23.6 Å². The molecule has 1 aliphatic heterocycles. The van der Waals surface area contributed by atoms with Crippen LogP contribution in [0.5, 0.6) is 5.75 Å². The highest BCUT2D eigenvalue weighted by Crippen LogP contribution is 2.40. The second-order valence-electron chi connectivity index (χ2n) is 7.43. The third kappa shape index (κ3) is 4.57. The monoisotopic (exact) mass is 472 g/mol. The zero-order valence-electron chi connectivity index (χ0n) is 17.3. The Morgan fingerprint density at radius 1 is 1.17 bits per heavy atom. The van der Waals surface area contributed by atoms with Gasteiger partial charge in [-0.2, -0.15) is 0 Å². The van der Waals surface area contributed by atoms with Crippen molar-refractivity contribution in [3.63, 3.8) is 0 Å². The summed E-state index contributed by atoms with van der Waals surface area (Å²) in [6.45, 7) is 1.20. The summed E-state index contributed by atoms with van der Waals surface area (Å²) in [6.07, 6.45) is 0.715. The molecule has 2 aromatic rings. The first-order valence-electron chi connectivity index (χ1n) is 9.66. The third-order valence-electron chi connectivity index (χ3n) is 5.07. The molecule has 0 unspecified atom stereocenters. The maximum absolute atomic E-state index is 13.0. The lowest BCUT2D eigenvalue weighted by molar-refractivity contribution is -0.139. The highest BCUT2D eigenvalue weighted by atomic mass is 79.9. The van der Waals surface area contributed by atoms with Crippen molar-refractivity contribution in [2.45, 2.75) is 12.5 Å². The fraction of sp³-hybridized carbons (Fsp3) is 0.304. The smallest absolute Gasteiger partial charge is 0.295 e. The summed E-state index contributed by atoms with van der Waals surface area (Å²) in [6, 6.07) is 13.6. The van der Waals surface area contributed by atoms with Gasteiger partial charge in [0, 0.05) is 16.6 Å². The van der Waals surface area contributed by atoms with Gasteiger partial charge >= 0.3 is 0 Å². The Hall–Kier alpha value is -2.64. The lowest BCUT2D eigenvalue weighted by Crippen LogP contribution is -2.32. The molecular formula is C23H25BrN2O4. The largest absolute Gasteiger partial charge is 0.507 e. The molecule has 1 aliphatic rings. The number of hydrogen-bond donors (Lipinski definition) is 1. The van der Waals surface area contributed by atoms with Crippen molar-refractivity contribution in [2.24, 2.45) is 0 Å². The predicted molar refractivity (Wildman–Crippen MR) is 119 cm³/mol. The van der Waals surface area contributed by atoms with Gasteiger partial charge in [-0.3, -0.25) is 9.59 Å². The van der Waals surface area contributed by atoms with E-state index in [1.807, 2.05) is 43.3 Å². The number of ether oxygens (including phenoxy) is 1. The van der Waals surface area contributed by atoms with Gasteiger partial charge in [-0.05, 0) is 56.9 Å². The summed E-state index contributed by atoms with van der Waals surface area (Å²) in [4.78, 5) is 29.4. The molecule has 2 aromatic carbocycles. The number of Topliss-reactive ketones (excluding diaryl/α,β-unsaturated/α-hetero) is 1. The SMILES string of the molecule is COc1cccc(C(O)=C2C(=O)C(=O)N(CCCN(C)C)[C@@H]2c2ccc(Br)cc2)c1. The van der Waals surface area contributed by atoms with E-state index < -0.39 is 17.7 Å². The van der Waals surface area contributed by atoms with Crippen LogP contribution in [0, 0.1) is 0 Å². The van der Waals surface area contributed by atoms with Gasteiger partial charge in [0.05, 0.1) is 18.7 Å². The van der Waals surface area contributed by atoms with Crippen molar-refractivity contribution in [2.75, 3.05) is 34.3 Å². The Bertz CT molecular complexity index is 969. The number of aliphatic hydroxyl groups is 1. The lowest BCUT2D eigenvalue weighted by atomic mass is 9.95. The van der Waals surface area contributed by atoms with Crippen LogP contribution in [0.25, 0.3) is 5.76 Å². The average Bonchev–Trinajstić information content (AvgIpc) is 2.98. The summed E-state index contributed by atoms with van der Waals surface area (Å²) in [5.41, 5.74) is 1.30. The molecule has 6 nitrogen and oxygen atoms in total. The predicted octanol–water partition coefficient (Wildman–Crippen LogP) is 3.83. The third-order valence-corrected chi connectivity index (χ3v) is 5.60. The van der Waals surface area contributed by atoms with E-state index in [0.29, 0.717) is 24.3 Å². The fourth-order valence-electron chi connectivity index (χ4n) is 3.59. The van der Waals surface area contributed by atoms with Crippen molar-refractivity contribution in [1.82, 2.24) is 9.80 Å². The first-order chi connectivity index (χ1) is 14.3. The molecule has 1 saturated heterocycles. The number of hydrogen-bond acceptors (Lipinski definition) is 5. The zero-order chi connectivity index (χ0) is 21.8. The number of aliphatic hydroxyl groups excluding tert-OH is 1. The summed E-state index contributed by atoms with van der Waals surface area (Å²) in [5, 5.41) is 11.1. The van der Waals surface area contributed by atoms with Crippen LogP contribution in [0.3, 0.4) is 0 Å². The summed E-state index contributed by atoms with van der Waals surface area (Å²) in [5.74, 6) is -0.908. The van der Waals surface area contributed by atoms with Gasteiger partial charge in [0.2, 0.25) is 0 Å². The van der Waals surface area contributed by atoms with Crippen molar-refractivity contribution in [3.8, 4) is 5.75 Å². The second kappa shape index (κ2) is 9.45. The van der Waals surface area contributed by atoms with Crippen LogP contribution >= 0.6 is 15.9 Å². The topological polar surface area (TPSA) is 70.1 Å². The molecule has 7 heteroatoms. The van der Waals surface area contributed by atoms with Gasteiger partial charge in [-0.25, -0.2) is 0 Å². The fourth-order valence-corrected chi connectivity index (χ4v) is 3.85. The molecule has 1 fully saturated rings. The maximum atomic E-state index is 13.0. The molecule has 0 radical (unpaired) electrons. The number of nitrogens with zero attached hydrogens (tertiary/aromatic N) is 2. The number of halogens is 1. The van der Waals surface area contributed by atoms with Gasteiger partial charge in [0.1, 0.15) is 11.5 Å². The number of carbonyl (C=O) groups excluding carboxylic acids is 2. The van der Waals surface area contributed by atoms with Crippen LogP contribution in [0.2, 0.25) is 0 Å². The molecule has 1 amide bonds. The number of likely N-dealkylation sites (tertiary alicyclic amines) is 1. The quantitative estimate of drug-likeness (QED) is 0.376. The molecule has 1 N–H and O–H groups in total. The molecule has 3 rings (SSSR count). The normalized spacial score (nSPS) is 18.3. The van der Waals surface area contributed by atoms with Gasteiger partial charge < -0.3 is 19.6 Å². The van der Waals surface area contributed by atoms with E-state index in [-0.39, 0.29) is 11.3 Å². The van der Waals surface area contributed by atoms with Crippen LogP contribution in [-0.2, 0) is 9.59 Å². The van der Waals surface area contributed by atoms with E-state index in [0.717, 1.165) is 16.6 Å². The summed E-state index contributed by atoms with van der Waals surface area (Å²) < 4.78 is 6.12. The lowest BCUT2D eigenvalue weighted by Gasteiger charge is -2.26. The van der Waals surface area contributed by atoms with E-state index in [1.165, 1.54) is 7.11 Å². The minimum Gasteiger partial charge on any atom is -0.507 e. The average molecular weight is 473 g/mol. The summed E-state index contributed by atoms with van der Waals surface area (Å²) >= 11 is 3.42. The number of carbonyl (C=O) groups is 2. The van der Waals surface area contributed by atoms with Crippen molar-refractivity contribution < 1.29 is 19.4 Å². The van der Waals surface area contributed by atoms with Crippen LogP contribution in [0.4, 0.5) is 0 Å². The minimum absolute atomic E-state index is 0.0976. The number of rotatable bonds is 7. The number of benzene rings is 2. The van der Waals surface area contributed by atoms with Gasteiger partial charge in [0.25, 0.3) is 11.7 Å². The van der Waals surface area contributed by atoms with Crippen molar-refractivity contribution in [1.29, 1.82) is 0 Å². The molecule has 158 valence electrons. The molecule has 0 spiro atoms. The number of ketones is 1. The zero-order valence-corrected chi connectivity index (χ0v) is 18.8. The van der Waals surface area contributed by atoms with E-state index in [4.69, 9.17) is 4.74 Å². The molecule has 30 heavy (non-hydrogen) atoms. The van der Waals surface area contributed by atoms with Gasteiger partial charge in [-0.15, -0.1) is 0 Å². The van der Waals surface area contributed by atoms with Gasteiger partial charge in [0.15, 0.2) is 0 Å². The Balaban J connectivity index is 2.09. The Labute approximate surface area is 184 Å². The molecule has 0 bridgehead atoms. The van der Waals surface area contributed by atoms with Crippen molar-refractivity contribution >= 4 is 33.4 Å². The molecule has 0 aromatic heterocycles. The number of amides is 1. The van der Waals surface area contributed by atoms with Crippen LogP contribution < -0.4 is 4.74 Å². The first-order valence-corrected chi connectivity index (χ1v) is 10.5. The molecule has 1 heterocycles. The molecule has 1 atom stereocenters. The molecular weight excluding hydrogens is 448 g/mol. The molecule has 0 aliphatic carbocycles. The van der Waals surface area contributed by atoms with Crippen molar-refractivity contribution in [3.05, 3.63) is 69.7 Å².